The van der Waals surface area contributed by atoms with Crippen LogP contribution in [-0.2, 0) is 27.7 Å². The minimum absolute atomic E-state index is 0.198. The predicted octanol–water partition coefficient (Wildman–Crippen LogP) is 6.04. The number of halogens is 1. The number of nitrogens with zero attached hydrogens (tertiary/aromatic N) is 9. The number of unbranched alkanes of at least 4 members (excludes halogenated alkanes) is 1. The quantitative estimate of drug-likeness (QED) is 0.0557. The van der Waals surface area contributed by atoms with Crippen LogP contribution >= 0.6 is 23.1 Å². The Hall–Kier alpha value is -6.67. The molecule has 3 aromatic heterocycles. The smallest absolute Gasteiger partial charge is 0.255 e. The first-order valence-electron chi connectivity index (χ1n) is 21.6. The molecule has 19 heteroatoms. The first-order valence-corrected chi connectivity index (χ1v) is 25.0. The lowest BCUT2D eigenvalue weighted by Crippen LogP contribution is -2.52. The van der Waals surface area contributed by atoms with Crippen molar-refractivity contribution in [2.75, 3.05) is 68.7 Å². The Morgan fingerprint density at radius 2 is 1.79 bits per heavy atom. The second-order valence-electron chi connectivity index (χ2n) is 16.8. The number of hydrogen-bond acceptors (Lipinski definition) is 14. The minimum Gasteiger partial charge on any atom is -0.494 e. The zero-order chi connectivity index (χ0) is 46.1. The number of amides is 3. The molecule has 2 fully saturated rings. The second kappa shape index (κ2) is 18.7. The number of fused-ring (bicyclic) bond motifs is 2. The minimum atomic E-state index is -2.81. The SMILES string of the molecule is COc1cc(N2CCN(CCCC#Cc3cccc4c3CN(C3CCC(=O)NC3=O)C4=O)CC2)c(-c2cnn(C)c2)cc1Nc1ncc(Br)c(Nc2ccc3nccnc3c2P(C)(C)=O)n1. The van der Waals surface area contributed by atoms with Crippen LogP contribution in [0.4, 0.5) is 28.8 Å². The van der Waals surface area contributed by atoms with Gasteiger partial charge in [-0.05, 0) is 84.5 Å². The van der Waals surface area contributed by atoms with Crippen molar-refractivity contribution >= 4 is 86.0 Å². The zero-order valence-electron chi connectivity index (χ0n) is 37.0. The monoisotopic (exact) mass is 970 g/mol. The van der Waals surface area contributed by atoms with Gasteiger partial charge in [0.05, 0.1) is 40.0 Å². The van der Waals surface area contributed by atoms with Gasteiger partial charge < -0.3 is 29.7 Å². The number of methoxy groups -OCH3 is 1. The van der Waals surface area contributed by atoms with Gasteiger partial charge in [-0.3, -0.25) is 39.3 Å². The Balaban J connectivity index is 0.866. The third kappa shape index (κ3) is 9.24. The topological polar surface area (TPSA) is 193 Å². The molecule has 66 heavy (non-hydrogen) atoms. The molecular formula is C47H48BrN12O5P. The zero-order valence-corrected chi connectivity index (χ0v) is 39.4. The molecule has 3 N–H and O–H groups in total. The summed E-state index contributed by atoms with van der Waals surface area (Å²) in [6, 6.07) is 12.7. The predicted molar refractivity (Wildman–Crippen MR) is 257 cm³/mol. The summed E-state index contributed by atoms with van der Waals surface area (Å²) in [7, 11) is 0.728. The van der Waals surface area contributed by atoms with Crippen LogP contribution < -0.4 is 30.9 Å². The van der Waals surface area contributed by atoms with Gasteiger partial charge in [0.25, 0.3) is 5.91 Å². The number of anilines is 5. The van der Waals surface area contributed by atoms with E-state index in [1.165, 1.54) is 0 Å². The third-order valence-electron chi connectivity index (χ3n) is 12.0. The van der Waals surface area contributed by atoms with E-state index >= 15 is 0 Å². The molecule has 3 aliphatic heterocycles. The van der Waals surface area contributed by atoms with Crippen LogP contribution in [0, 0.1) is 11.8 Å². The highest BCUT2D eigenvalue weighted by atomic mass is 79.9. The molecule has 1 unspecified atom stereocenters. The molecule has 6 aromatic rings. The molecule has 0 spiro atoms. The van der Waals surface area contributed by atoms with Gasteiger partial charge in [0.1, 0.15) is 30.3 Å². The van der Waals surface area contributed by atoms with E-state index in [2.05, 4.69) is 73.6 Å². The van der Waals surface area contributed by atoms with Crippen LogP contribution in [0.1, 0.15) is 47.2 Å². The van der Waals surface area contributed by atoms with E-state index < -0.39 is 19.1 Å². The van der Waals surface area contributed by atoms with Crippen LogP contribution in [-0.4, -0.2) is 116 Å². The molecular weight excluding hydrogens is 923 g/mol. The molecule has 3 aromatic carbocycles. The Morgan fingerprint density at radius 1 is 0.970 bits per heavy atom. The summed E-state index contributed by atoms with van der Waals surface area (Å²) < 4.78 is 22.0. The number of carbonyl (C=O) groups is 3. The van der Waals surface area contributed by atoms with Crippen LogP contribution in [0.2, 0.25) is 0 Å². The normalized spacial score (nSPS) is 16.5. The van der Waals surface area contributed by atoms with Crippen LogP contribution in [0.25, 0.3) is 22.2 Å². The standard InChI is InChI=1S/C47H48BrN12O5P/c1-57-27-30(25-52-57)32-23-37(54-47-51-26-34(48)44(56-47)53-36-13-12-35-42(50-17-16-49-35)43(36)66(3,4)64)40(65-2)24-39(32)59-21-19-58(20-22-59)18-7-5-6-9-29-10-8-11-31-33(29)28-60(46(31)63)38-14-15-41(61)55-45(38)62/h8,10-13,16-17,23-27,38H,5,7,14-15,18-22,28H2,1-4H3,(H,55,61,62)(H2,51,53,54,56). The number of carbonyl (C=O) groups excluding carboxylic acids is 3. The van der Waals surface area contributed by atoms with Crippen LogP contribution in [0.3, 0.4) is 0 Å². The van der Waals surface area contributed by atoms with Gasteiger partial charge in [0, 0.05) is 111 Å². The first-order chi connectivity index (χ1) is 31.8. The summed E-state index contributed by atoms with van der Waals surface area (Å²) >= 11 is 3.60. The molecule has 338 valence electrons. The van der Waals surface area contributed by atoms with Crippen molar-refractivity contribution in [2.45, 2.75) is 38.3 Å². The van der Waals surface area contributed by atoms with E-state index in [9.17, 15) is 18.9 Å². The van der Waals surface area contributed by atoms with E-state index in [4.69, 9.17) is 9.72 Å². The lowest BCUT2D eigenvalue weighted by molar-refractivity contribution is -0.136. The Bertz CT molecular complexity index is 3010. The van der Waals surface area contributed by atoms with Crippen molar-refractivity contribution in [3.63, 3.8) is 0 Å². The van der Waals surface area contributed by atoms with E-state index in [0.717, 1.165) is 67.1 Å². The van der Waals surface area contributed by atoms with Crippen molar-refractivity contribution in [3.05, 3.63) is 94.6 Å². The van der Waals surface area contributed by atoms with Gasteiger partial charge in [-0.15, -0.1) is 0 Å². The molecule has 1 atom stereocenters. The lowest BCUT2D eigenvalue weighted by atomic mass is 10.0. The number of hydrogen-bond donors (Lipinski definition) is 3. The number of piperazine rings is 1. The van der Waals surface area contributed by atoms with Crippen molar-refractivity contribution in [1.29, 1.82) is 0 Å². The first kappa shape index (κ1) is 44.5. The Kier molecular flexibility index (Phi) is 12.6. The average Bonchev–Trinajstić information content (AvgIpc) is 3.89. The molecule has 0 radical (unpaired) electrons. The van der Waals surface area contributed by atoms with E-state index in [0.29, 0.717) is 74.7 Å². The summed E-state index contributed by atoms with van der Waals surface area (Å²) in [5.74, 6) is 7.10. The van der Waals surface area contributed by atoms with E-state index in [1.54, 1.807) is 54.7 Å². The summed E-state index contributed by atoms with van der Waals surface area (Å²) in [5.41, 5.74) is 7.66. The van der Waals surface area contributed by atoms with Crippen LogP contribution in [0.5, 0.6) is 5.75 Å². The largest absolute Gasteiger partial charge is 0.494 e. The molecule has 6 heterocycles. The maximum Gasteiger partial charge on any atom is 0.255 e. The van der Waals surface area contributed by atoms with Gasteiger partial charge >= 0.3 is 0 Å². The van der Waals surface area contributed by atoms with Gasteiger partial charge in [-0.2, -0.15) is 10.1 Å². The van der Waals surface area contributed by atoms with Gasteiger partial charge in [0.15, 0.2) is 0 Å². The fourth-order valence-corrected chi connectivity index (χ4v) is 10.5. The highest BCUT2D eigenvalue weighted by Gasteiger charge is 2.39. The second-order valence-corrected chi connectivity index (χ2v) is 20.8. The highest BCUT2D eigenvalue weighted by molar-refractivity contribution is 9.10. The number of aromatic nitrogens is 6. The summed E-state index contributed by atoms with van der Waals surface area (Å²) in [5, 5.41) is 14.2. The summed E-state index contributed by atoms with van der Waals surface area (Å²) in [6.07, 6.45) is 10.8. The molecule has 9 rings (SSSR count). The van der Waals surface area contributed by atoms with Gasteiger partial charge in [-0.1, -0.05) is 17.9 Å². The van der Waals surface area contributed by atoms with Gasteiger partial charge in [0.2, 0.25) is 17.8 Å². The Labute approximate surface area is 390 Å². The van der Waals surface area contributed by atoms with Gasteiger partial charge in [-0.25, -0.2) is 4.98 Å². The van der Waals surface area contributed by atoms with Crippen molar-refractivity contribution < 1.29 is 23.7 Å². The molecule has 3 aliphatic rings. The maximum atomic E-state index is 13.6. The molecule has 3 amide bonds. The molecule has 17 nitrogen and oxygen atoms in total. The highest BCUT2D eigenvalue weighted by Crippen LogP contribution is 2.43. The fraction of sp³-hybridized carbons (Fsp3) is 0.319. The Morgan fingerprint density at radius 3 is 2.55 bits per heavy atom. The number of nitrogens with one attached hydrogen (secondary N) is 3. The third-order valence-corrected chi connectivity index (χ3v) is 14.1. The average molecular weight is 972 g/mol. The van der Waals surface area contributed by atoms with Crippen molar-refractivity contribution in [1.82, 2.24) is 44.8 Å². The summed E-state index contributed by atoms with van der Waals surface area (Å²) in [4.78, 5) is 62.2. The number of imide groups is 1. The number of ether oxygens (including phenoxy) is 1. The van der Waals surface area contributed by atoms with E-state index in [-0.39, 0.29) is 18.2 Å². The van der Waals surface area contributed by atoms with E-state index in [1.807, 2.05) is 55.8 Å². The lowest BCUT2D eigenvalue weighted by Gasteiger charge is -2.37. The van der Waals surface area contributed by atoms with Crippen LogP contribution in [0.15, 0.2) is 77.9 Å². The number of benzene rings is 3. The number of rotatable bonds is 12. The maximum absolute atomic E-state index is 13.6. The fourth-order valence-electron chi connectivity index (χ4n) is 8.78. The molecule has 2 saturated heterocycles. The van der Waals surface area contributed by atoms with Crippen molar-refractivity contribution in [2.24, 2.45) is 7.05 Å². The molecule has 0 aliphatic carbocycles. The number of aryl methyl sites for hydroxylation is 1. The van der Waals surface area contributed by atoms with Crippen molar-refractivity contribution in [3.8, 4) is 28.7 Å². The number of piperidine rings is 1. The molecule has 0 bridgehead atoms. The summed E-state index contributed by atoms with van der Waals surface area (Å²) in [6.45, 7) is 7.97. The molecule has 0 saturated carbocycles.